The van der Waals surface area contributed by atoms with Crippen LogP contribution in [-0.4, -0.2) is 28.1 Å². The van der Waals surface area contributed by atoms with Crippen LogP contribution in [0.4, 0.5) is 0 Å². The Morgan fingerprint density at radius 3 is 2.76 bits per heavy atom. The van der Waals surface area contributed by atoms with Gasteiger partial charge in [0.15, 0.2) is 5.78 Å². The van der Waals surface area contributed by atoms with Crippen LogP contribution in [-0.2, 0) is 14.3 Å². The van der Waals surface area contributed by atoms with Gasteiger partial charge in [0.1, 0.15) is 11.2 Å². The molecule has 94 valence electrons. The molecule has 3 aliphatic carbocycles. The molecule has 3 saturated carbocycles. The number of ketones is 1. The highest BCUT2D eigenvalue weighted by atomic mass is 16.6. The van der Waals surface area contributed by atoms with Crippen LogP contribution in [0.1, 0.15) is 45.4 Å². The minimum atomic E-state index is -1.21. The number of rotatable bonds is 1. The number of carbonyl (C=O) groups excluding carboxylic acids is 2. The lowest BCUT2D eigenvalue weighted by molar-refractivity contribution is -0.167. The van der Waals surface area contributed by atoms with Gasteiger partial charge < -0.3 is 9.84 Å². The lowest BCUT2D eigenvalue weighted by Crippen LogP contribution is -2.44. The second-order valence-corrected chi connectivity index (χ2v) is 5.73. The Morgan fingerprint density at radius 1 is 1.35 bits per heavy atom. The van der Waals surface area contributed by atoms with E-state index in [0.717, 1.165) is 32.1 Å². The average molecular weight is 238 g/mol. The van der Waals surface area contributed by atoms with Crippen LogP contribution in [0.5, 0.6) is 0 Å². The van der Waals surface area contributed by atoms with Crippen molar-refractivity contribution in [3.05, 3.63) is 0 Å². The van der Waals surface area contributed by atoms with Gasteiger partial charge in [0.05, 0.1) is 5.92 Å². The van der Waals surface area contributed by atoms with E-state index in [2.05, 4.69) is 0 Å². The summed E-state index contributed by atoms with van der Waals surface area (Å²) in [5.41, 5.74) is -1.89. The smallest absolute Gasteiger partial charge is 0.303 e. The summed E-state index contributed by atoms with van der Waals surface area (Å²) < 4.78 is 5.55. The van der Waals surface area contributed by atoms with Gasteiger partial charge in [-0.15, -0.1) is 0 Å². The van der Waals surface area contributed by atoms with Gasteiger partial charge in [0, 0.05) is 12.8 Å². The molecule has 3 rings (SSSR count). The molecular weight excluding hydrogens is 220 g/mol. The monoisotopic (exact) mass is 238 g/mol. The molecule has 17 heavy (non-hydrogen) atoms. The molecule has 0 aromatic carbocycles. The van der Waals surface area contributed by atoms with Crippen LogP contribution >= 0.6 is 0 Å². The van der Waals surface area contributed by atoms with Crippen LogP contribution in [0.15, 0.2) is 0 Å². The van der Waals surface area contributed by atoms with Gasteiger partial charge >= 0.3 is 5.97 Å². The summed E-state index contributed by atoms with van der Waals surface area (Å²) >= 11 is 0. The Balaban J connectivity index is 2.05. The molecule has 3 fully saturated rings. The molecule has 4 atom stereocenters. The topological polar surface area (TPSA) is 63.6 Å². The van der Waals surface area contributed by atoms with Crippen LogP contribution < -0.4 is 0 Å². The number of carbonyl (C=O) groups is 2. The second-order valence-electron chi connectivity index (χ2n) is 5.73. The lowest BCUT2D eigenvalue weighted by atomic mass is 9.83. The maximum absolute atomic E-state index is 12.3. The predicted molar refractivity (Wildman–Crippen MR) is 59.1 cm³/mol. The van der Waals surface area contributed by atoms with Gasteiger partial charge in [-0.25, -0.2) is 0 Å². The minimum absolute atomic E-state index is 0.0706. The number of fused-ring (bicyclic) bond motifs is 3. The van der Waals surface area contributed by atoms with Crippen molar-refractivity contribution in [2.45, 2.75) is 56.7 Å². The molecule has 0 radical (unpaired) electrons. The summed E-state index contributed by atoms with van der Waals surface area (Å²) in [6, 6.07) is 0. The van der Waals surface area contributed by atoms with E-state index in [1.807, 2.05) is 0 Å². The lowest BCUT2D eigenvalue weighted by Gasteiger charge is -2.34. The van der Waals surface area contributed by atoms with E-state index < -0.39 is 11.2 Å². The Kier molecular flexibility index (Phi) is 2.18. The zero-order chi connectivity index (χ0) is 12.3. The molecule has 0 amide bonds. The van der Waals surface area contributed by atoms with Crippen molar-refractivity contribution in [1.82, 2.24) is 0 Å². The quantitative estimate of drug-likeness (QED) is 0.697. The van der Waals surface area contributed by atoms with Crippen molar-refractivity contribution >= 4 is 11.8 Å². The molecular formula is C13H18O4. The number of hydrogen-bond donors (Lipinski definition) is 1. The highest BCUT2D eigenvalue weighted by molar-refractivity contribution is 5.95. The third-order valence-electron chi connectivity index (χ3n) is 4.94. The zero-order valence-corrected chi connectivity index (χ0v) is 10.1. The molecule has 0 heterocycles. The number of ether oxygens (including phenoxy) is 1. The fourth-order valence-corrected chi connectivity index (χ4v) is 4.47. The van der Waals surface area contributed by atoms with Crippen LogP contribution in [0.2, 0.25) is 0 Å². The maximum atomic E-state index is 12.3. The molecule has 0 spiro atoms. The van der Waals surface area contributed by atoms with Gasteiger partial charge in [-0.05, 0) is 38.5 Å². The second kappa shape index (κ2) is 3.31. The summed E-state index contributed by atoms with van der Waals surface area (Å²) in [5, 5.41) is 10.5. The predicted octanol–water partition coefficient (Wildman–Crippen LogP) is 1.20. The van der Waals surface area contributed by atoms with Gasteiger partial charge in [-0.1, -0.05) is 0 Å². The molecule has 0 aromatic rings. The molecule has 3 aliphatic rings. The first-order chi connectivity index (χ1) is 8.01. The van der Waals surface area contributed by atoms with Gasteiger partial charge in [-0.3, -0.25) is 9.59 Å². The van der Waals surface area contributed by atoms with Gasteiger partial charge in [0.25, 0.3) is 0 Å². The van der Waals surface area contributed by atoms with E-state index in [0.29, 0.717) is 6.42 Å². The molecule has 1 N–H and O–H groups in total. The summed E-state index contributed by atoms with van der Waals surface area (Å²) in [7, 11) is 0. The summed E-state index contributed by atoms with van der Waals surface area (Å²) in [5.74, 6) is -0.833. The normalized spacial score (nSPS) is 48.0. The largest absolute Gasteiger partial charge is 0.458 e. The molecule has 0 bridgehead atoms. The van der Waals surface area contributed by atoms with Crippen molar-refractivity contribution in [3.8, 4) is 0 Å². The van der Waals surface area contributed by atoms with Crippen molar-refractivity contribution in [2.75, 3.05) is 0 Å². The number of esters is 1. The third kappa shape index (κ3) is 1.22. The average Bonchev–Trinajstić information content (AvgIpc) is 2.84. The molecule has 4 nitrogen and oxygen atoms in total. The standard InChI is InChI=1S/C13H18O4/c1-8(14)17-13-7-2-4-9(13)11(15)12(16)6-3-5-10(12)13/h9-10,16H,2-7H2,1H3/t9-,10-,12-,13+/m0/s1. The zero-order valence-electron chi connectivity index (χ0n) is 10.1. The Bertz CT molecular complexity index is 391. The summed E-state index contributed by atoms with van der Waals surface area (Å²) in [4.78, 5) is 23.7. The SMILES string of the molecule is CC(=O)O[C@]12CCC[C@H]1C(=O)[C@]1(O)CCC[C@H]21. The highest BCUT2D eigenvalue weighted by Crippen LogP contribution is 2.60. The Morgan fingerprint density at radius 2 is 2.06 bits per heavy atom. The summed E-state index contributed by atoms with van der Waals surface area (Å²) in [6.07, 6.45) is 4.59. The fraction of sp³-hybridized carbons (Fsp3) is 0.846. The van der Waals surface area contributed by atoms with E-state index in [9.17, 15) is 14.7 Å². The Hall–Kier alpha value is -0.900. The third-order valence-corrected chi connectivity index (χ3v) is 4.94. The first-order valence-electron chi connectivity index (χ1n) is 6.47. The molecule has 0 saturated heterocycles. The van der Waals surface area contributed by atoms with E-state index in [4.69, 9.17) is 4.74 Å². The van der Waals surface area contributed by atoms with Crippen LogP contribution in [0, 0.1) is 11.8 Å². The molecule has 0 aromatic heterocycles. The number of hydrogen-bond acceptors (Lipinski definition) is 4. The molecule has 0 unspecified atom stereocenters. The minimum Gasteiger partial charge on any atom is -0.458 e. The molecule has 0 aliphatic heterocycles. The first kappa shape index (κ1) is 11.2. The van der Waals surface area contributed by atoms with E-state index in [1.54, 1.807) is 0 Å². The first-order valence-corrected chi connectivity index (χ1v) is 6.47. The molecule has 4 heteroatoms. The maximum Gasteiger partial charge on any atom is 0.303 e. The van der Waals surface area contributed by atoms with Crippen molar-refractivity contribution < 1.29 is 19.4 Å². The van der Waals surface area contributed by atoms with E-state index in [-0.39, 0.29) is 23.6 Å². The van der Waals surface area contributed by atoms with Crippen molar-refractivity contribution in [2.24, 2.45) is 11.8 Å². The number of aliphatic hydroxyl groups is 1. The Labute approximate surface area is 100 Å². The van der Waals surface area contributed by atoms with Crippen LogP contribution in [0.3, 0.4) is 0 Å². The van der Waals surface area contributed by atoms with Gasteiger partial charge in [-0.2, -0.15) is 0 Å². The van der Waals surface area contributed by atoms with Crippen molar-refractivity contribution in [3.63, 3.8) is 0 Å². The van der Waals surface area contributed by atoms with E-state index in [1.165, 1.54) is 6.92 Å². The highest BCUT2D eigenvalue weighted by Gasteiger charge is 2.71. The van der Waals surface area contributed by atoms with E-state index >= 15 is 0 Å². The summed E-state index contributed by atoms with van der Waals surface area (Å²) in [6.45, 7) is 1.39. The van der Waals surface area contributed by atoms with Crippen molar-refractivity contribution in [1.29, 1.82) is 0 Å². The fourth-order valence-electron chi connectivity index (χ4n) is 4.47. The number of Topliss-reactive ketones (excluding diaryl/α,β-unsaturated/α-hetero) is 1. The van der Waals surface area contributed by atoms with Crippen LogP contribution in [0.25, 0.3) is 0 Å². The van der Waals surface area contributed by atoms with Gasteiger partial charge in [0.2, 0.25) is 0 Å².